The highest BCUT2D eigenvalue weighted by molar-refractivity contribution is 5.85. The predicted molar refractivity (Wildman–Crippen MR) is 92.2 cm³/mol. The van der Waals surface area contributed by atoms with Gasteiger partial charge in [0, 0.05) is 18.3 Å². The van der Waals surface area contributed by atoms with Gasteiger partial charge in [0.15, 0.2) is 0 Å². The molecule has 0 aromatic heterocycles. The van der Waals surface area contributed by atoms with Crippen molar-refractivity contribution in [2.75, 3.05) is 11.4 Å². The molecule has 3 heteroatoms. The molecule has 0 saturated carbocycles. The molecular weight excluding hydrogens is 282 g/mol. The number of hydrogen-bond donors (Lipinski definition) is 1. The van der Waals surface area contributed by atoms with Gasteiger partial charge in [0.05, 0.1) is 6.61 Å². The zero-order valence-electron chi connectivity index (χ0n) is 12.7. The van der Waals surface area contributed by atoms with Gasteiger partial charge >= 0.3 is 0 Å². The Bertz CT molecular complexity index is 530. The zero-order valence-corrected chi connectivity index (χ0v) is 13.5. The molecule has 114 valence electrons. The lowest BCUT2D eigenvalue weighted by Gasteiger charge is -2.30. The summed E-state index contributed by atoms with van der Waals surface area (Å²) in [6, 6.07) is 19.2. The molecule has 0 unspecified atom stereocenters. The van der Waals surface area contributed by atoms with E-state index >= 15 is 0 Å². The summed E-state index contributed by atoms with van der Waals surface area (Å²) in [5, 5.41) is 9.22. The van der Waals surface area contributed by atoms with Gasteiger partial charge in [-0.2, -0.15) is 0 Å². The summed E-state index contributed by atoms with van der Waals surface area (Å²) in [7, 11) is 0. The van der Waals surface area contributed by atoms with Crippen LogP contribution in [0.25, 0.3) is 0 Å². The van der Waals surface area contributed by atoms with Crippen molar-refractivity contribution in [3.63, 3.8) is 0 Å². The molecule has 0 spiro atoms. The van der Waals surface area contributed by atoms with Crippen molar-refractivity contribution < 1.29 is 5.11 Å². The van der Waals surface area contributed by atoms with Gasteiger partial charge in [0.25, 0.3) is 0 Å². The lowest BCUT2D eigenvalue weighted by molar-refractivity contribution is 0.281. The Balaban J connectivity index is 0.00000220. The van der Waals surface area contributed by atoms with Crippen LogP contribution in [0.15, 0.2) is 54.6 Å². The van der Waals surface area contributed by atoms with E-state index in [0.29, 0.717) is 6.04 Å². The van der Waals surface area contributed by atoms with Gasteiger partial charge in [0.2, 0.25) is 0 Å². The van der Waals surface area contributed by atoms with Crippen LogP contribution in [-0.4, -0.2) is 17.7 Å². The molecule has 0 amide bonds. The molecule has 0 fully saturated rings. The quantitative estimate of drug-likeness (QED) is 0.870. The van der Waals surface area contributed by atoms with Crippen LogP contribution < -0.4 is 4.90 Å². The third kappa shape index (κ3) is 4.76. The van der Waals surface area contributed by atoms with Crippen molar-refractivity contribution in [2.45, 2.75) is 32.9 Å². The van der Waals surface area contributed by atoms with Crippen LogP contribution in [0.4, 0.5) is 5.69 Å². The minimum atomic E-state index is 0. The second-order valence-electron chi connectivity index (χ2n) is 5.15. The minimum absolute atomic E-state index is 0. The number of anilines is 1. The smallest absolute Gasteiger partial charge is 0.0681 e. The van der Waals surface area contributed by atoms with Crippen LogP contribution in [0.3, 0.4) is 0 Å². The molecule has 21 heavy (non-hydrogen) atoms. The summed E-state index contributed by atoms with van der Waals surface area (Å²) in [5.41, 5.74) is 3.52. The van der Waals surface area contributed by atoms with E-state index in [0.717, 1.165) is 18.5 Å². The second-order valence-corrected chi connectivity index (χ2v) is 5.15. The zero-order chi connectivity index (χ0) is 14.4. The van der Waals surface area contributed by atoms with E-state index in [1.807, 2.05) is 18.2 Å². The molecule has 1 atom stereocenters. The van der Waals surface area contributed by atoms with Crippen molar-refractivity contribution in [3.8, 4) is 0 Å². The molecule has 2 nitrogen and oxygen atoms in total. The number of nitrogens with zero attached hydrogens (tertiary/aromatic N) is 1. The van der Waals surface area contributed by atoms with Gasteiger partial charge in [-0.05, 0) is 43.5 Å². The van der Waals surface area contributed by atoms with Crippen molar-refractivity contribution in [1.82, 2.24) is 0 Å². The maximum absolute atomic E-state index is 9.22. The average molecular weight is 306 g/mol. The van der Waals surface area contributed by atoms with E-state index in [-0.39, 0.29) is 19.0 Å². The van der Waals surface area contributed by atoms with Crippen LogP contribution in [-0.2, 0) is 13.0 Å². The Morgan fingerprint density at radius 2 is 1.67 bits per heavy atom. The van der Waals surface area contributed by atoms with Crippen LogP contribution in [0.1, 0.15) is 25.0 Å². The number of hydrogen-bond acceptors (Lipinski definition) is 2. The summed E-state index contributed by atoms with van der Waals surface area (Å²) in [4.78, 5) is 2.41. The summed E-state index contributed by atoms with van der Waals surface area (Å²) in [5.74, 6) is 0. The fourth-order valence-electron chi connectivity index (χ4n) is 2.67. The number of para-hydroxylation sites is 1. The van der Waals surface area contributed by atoms with Crippen LogP contribution in [0.2, 0.25) is 0 Å². The first-order valence-corrected chi connectivity index (χ1v) is 7.25. The molecule has 0 bridgehead atoms. The highest BCUT2D eigenvalue weighted by atomic mass is 35.5. The number of aliphatic hydroxyl groups excluding tert-OH is 1. The molecule has 1 N–H and O–H groups in total. The Morgan fingerprint density at radius 1 is 1.00 bits per heavy atom. The summed E-state index contributed by atoms with van der Waals surface area (Å²) in [6.07, 6.45) is 0.983. The molecule has 2 aromatic carbocycles. The summed E-state index contributed by atoms with van der Waals surface area (Å²) < 4.78 is 0. The van der Waals surface area contributed by atoms with Gasteiger partial charge in [-0.25, -0.2) is 0 Å². The second kappa shape index (κ2) is 8.71. The third-order valence-corrected chi connectivity index (χ3v) is 3.67. The fraction of sp³-hybridized carbons (Fsp3) is 0.333. The van der Waals surface area contributed by atoms with E-state index in [2.05, 4.69) is 55.1 Å². The maximum atomic E-state index is 9.22. The normalized spacial score (nSPS) is 11.6. The van der Waals surface area contributed by atoms with Gasteiger partial charge in [-0.3, -0.25) is 0 Å². The van der Waals surface area contributed by atoms with Crippen molar-refractivity contribution >= 4 is 18.1 Å². The van der Waals surface area contributed by atoms with E-state index in [1.54, 1.807) is 0 Å². The molecule has 0 heterocycles. The Hall–Kier alpha value is -1.51. The molecule has 0 aliphatic carbocycles. The number of halogens is 1. The van der Waals surface area contributed by atoms with E-state index < -0.39 is 0 Å². The molecular formula is C18H24ClNO. The standard InChI is InChI=1S/C18H23NO.ClH/c1-3-19(18-10-5-4-6-11-18)15(2)12-16-8-7-9-17(13-16)14-20;/h4-11,13,15,20H,3,12,14H2,1-2H3;1H/t15-;/m1./s1. The topological polar surface area (TPSA) is 23.5 Å². The van der Waals surface area contributed by atoms with Crippen molar-refractivity contribution in [1.29, 1.82) is 0 Å². The largest absolute Gasteiger partial charge is 0.392 e. The summed E-state index contributed by atoms with van der Waals surface area (Å²) in [6.45, 7) is 5.54. The fourth-order valence-corrected chi connectivity index (χ4v) is 2.67. The lowest BCUT2D eigenvalue weighted by Crippen LogP contribution is -2.34. The van der Waals surface area contributed by atoms with Crippen molar-refractivity contribution in [2.24, 2.45) is 0 Å². The van der Waals surface area contributed by atoms with Crippen LogP contribution in [0, 0.1) is 0 Å². The third-order valence-electron chi connectivity index (χ3n) is 3.67. The first-order chi connectivity index (χ1) is 9.74. The minimum Gasteiger partial charge on any atom is -0.392 e. The molecule has 0 aliphatic rings. The Labute approximate surface area is 133 Å². The first-order valence-electron chi connectivity index (χ1n) is 7.25. The first kappa shape index (κ1) is 17.5. The van der Waals surface area contributed by atoms with Gasteiger partial charge in [-0.15, -0.1) is 12.4 Å². The van der Waals surface area contributed by atoms with E-state index in [4.69, 9.17) is 0 Å². The number of aliphatic hydroxyl groups is 1. The summed E-state index contributed by atoms with van der Waals surface area (Å²) >= 11 is 0. The van der Waals surface area contributed by atoms with E-state index in [9.17, 15) is 5.11 Å². The van der Waals surface area contributed by atoms with Gasteiger partial charge < -0.3 is 10.0 Å². The molecule has 0 aliphatic heterocycles. The maximum Gasteiger partial charge on any atom is 0.0681 e. The lowest BCUT2D eigenvalue weighted by atomic mass is 10.0. The molecule has 2 aromatic rings. The molecule has 0 radical (unpaired) electrons. The Kier molecular flexibility index (Phi) is 7.27. The van der Waals surface area contributed by atoms with Gasteiger partial charge in [0.1, 0.15) is 0 Å². The number of likely N-dealkylation sites (N-methyl/N-ethyl adjacent to an activating group) is 1. The van der Waals surface area contributed by atoms with Crippen LogP contribution in [0.5, 0.6) is 0 Å². The SMILES string of the molecule is CCN(c1ccccc1)[C@H](C)Cc1cccc(CO)c1.Cl. The Morgan fingerprint density at radius 3 is 2.29 bits per heavy atom. The van der Waals surface area contributed by atoms with Crippen molar-refractivity contribution in [3.05, 3.63) is 65.7 Å². The van der Waals surface area contributed by atoms with Gasteiger partial charge in [-0.1, -0.05) is 42.5 Å². The number of benzene rings is 2. The monoisotopic (exact) mass is 305 g/mol. The average Bonchev–Trinajstić information content (AvgIpc) is 2.49. The number of rotatable bonds is 6. The van der Waals surface area contributed by atoms with Crippen LogP contribution >= 0.6 is 12.4 Å². The predicted octanol–water partition coefficient (Wildman–Crippen LogP) is 4.06. The molecule has 2 rings (SSSR count). The van der Waals surface area contributed by atoms with E-state index in [1.165, 1.54) is 11.3 Å². The highest BCUT2D eigenvalue weighted by Crippen LogP contribution is 2.19. The molecule has 0 saturated heterocycles. The highest BCUT2D eigenvalue weighted by Gasteiger charge is 2.13.